The highest BCUT2D eigenvalue weighted by Gasteiger charge is 2.14. The predicted molar refractivity (Wildman–Crippen MR) is 73.3 cm³/mol. The topological polar surface area (TPSA) is 72.2 Å². The summed E-state index contributed by atoms with van der Waals surface area (Å²) >= 11 is 0. The highest BCUT2D eigenvalue weighted by molar-refractivity contribution is 7.90. The van der Waals surface area contributed by atoms with Gasteiger partial charge in [0.2, 0.25) is 10.0 Å². The Balaban J connectivity index is 2.65. The summed E-state index contributed by atoms with van der Waals surface area (Å²) < 4.78 is 25.7. The molecule has 1 aromatic rings. The Morgan fingerprint density at radius 2 is 1.89 bits per heavy atom. The second-order valence-electron chi connectivity index (χ2n) is 4.12. The fraction of sp³-hybridized carbons (Fsp3) is 0.385. The number of hydrogen-bond acceptors (Lipinski definition) is 3. The molecule has 0 aliphatic carbocycles. The van der Waals surface area contributed by atoms with Gasteiger partial charge >= 0.3 is 0 Å². The molecule has 0 aliphatic rings. The van der Waals surface area contributed by atoms with E-state index in [1.165, 1.54) is 0 Å². The number of nitrogens with two attached hydrogens (primary N) is 1. The van der Waals surface area contributed by atoms with Gasteiger partial charge in [0.25, 0.3) is 0 Å². The largest absolute Gasteiger partial charge is 0.320 e. The van der Waals surface area contributed by atoms with Crippen LogP contribution in [0.5, 0.6) is 0 Å². The summed E-state index contributed by atoms with van der Waals surface area (Å²) in [4.78, 5) is 0. The lowest BCUT2D eigenvalue weighted by Crippen LogP contribution is -2.30. The molecule has 0 unspecified atom stereocenters. The van der Waals surface area contributed by atoms with Gasteiger partial charge in [0.15, 0.2) is 0 Å². The molecule has 0 saturated heterocycles. The zero-order valence-electron chi connectivity index (χ0n) is 10.6. The molecule has 3 N–H and O–H groups in total. The average Bonchev–Trinajstić information content (AvgIpc) is 2.35. The van der Waals surface area contributed by atoms with Crippen LogP contribution in [0.4, 0.5) is 0 Å². The van der Waals surface area contributed by atoms with E-state index in [2.05, 4.69) is 16.6 Å². The van der Waals surface area contributed by atoms with E-state index < -0.39 is 15.3 Å². The maximum absolute atomic E-state index is 11.6. The average molecular weight is 266 g/mol. The first-order valence-corrected chi connectivity index (χ1v) is 7.26. The van der Waals surface area contributed by atoms with Crippen molar-refractivity contribution in [2.24, 2.45) is 5.73 Å². The minimum absolute atomic E-state index is 0.297. The van der Waals surface area contributed by atoms with E-state index in [4.69, 9.17) is 5.73 Å². The molecule has 0 atom stereocenters. The van der Waals surface area contributed by atoms with E-state index in [0.29, 0.717) is 13.1 Å². The fourth-order valence-electron chi connectivity index (χ4n) is 1.21. The van der Waals surface area contributed by atoms with Crippen molar-refractivity contribution < 1.29 is 8.42 Å². The van der Waals surface area contributed by atoms with Gasteiger partial charge in [-0.05, 0) is 31.5 Å². The summed E-state index contributed by atoms with van der Waals surface area (Å²) in [5.41, 5.74) is 7.05. The van der Waals surface area contributed by atoms with Crippen molar-refractivity contribution in [1.29, 1.82) is 0 Å². The van der Waals surface area contributed by atoms with E-state index in [9.17, 15) is 8.42 Å². The molecule has 0 spiro atoms. The lowest BCUT2D eigenvalue weighted by atomic mass is 10.1. The van der Waals surface area contributed by atoms with Gasteiger partial charge in [-0.2, -0.15) is 0 Å². The third kappa shape index (κ3) is 4.49. The third-order valence-electron chi connectivity index (χ3n) is 2.39. The summed E-state index contributed by atoms with van der Waals surface area (Å²) in [6.45, 7) is 3.92. The van der Waals surface area contributed by atoms with Crippen molar-refractivity contribution in [3.05, 3.63) is 35.4 Å². The maximum Gasteiger partial charge on any atom is 0.214 e. The Morgan fingerprint density at radius 1 is 1.28 bits per heavy atom. The molecular weight excluding hydrogens is 248 g/mol. The second kappa shape index (κ2) is 6.55. The minimum Gasteiger partial charge on any atom is -0.320 e. The molecule has 0 heterocycles. The van der Waals surface area contributed by atoms with Crippen LogP contribution in [0.25, 0.3) is 0 Å². The highest BCUT2D eigenvalue weighted by atomic mass is 32.2. The molecule has 0 fully saturated rings. The van der Waals surface area contributed by atoms with Crippen LogP contribution in [-0.4, -0.2) is 20.2 Å². The Labute approximate surface area is 109 Å². The van der Waals surface area contributed by atoms with Gasteiger partial charge in [0.1, 0.15) is 0 Å². The van der Waals surface area contributed by atoms with Gasteiger partial charge in [-0.25, -0.2) is 13.1 Å². The van der Waals surface area contributed by atoms with Gasteiger partial charge in [-0.15, -0.1) is 0 Å². The van der Waals surface area contributed by atoms with Crippen molar-refractivity contribution in [2.45, 2.75) is 25.6 Å². The number of hydrogen-bond donors (Lipinski definition) is 2. The molecule has 1 aromatic carbocycles. The second-order valence-corrected chi connectivity index (χ2v) is 6.44. The highest BCUT2D eigenvalue weighted by Crippen LogP contribution is 2.05. The first-order valence-electron chi connectivity index (χ1n) is 5.72. The minimum atomic E-state index is -3.22. The first-order chi connectivity index (χ1) is 8.45. The summed E-state index contributed by atoms with van der Waals surface area (Å²) in [5.74, 6) is 5.67. The Bertz CT molecular complexity index is 537. The Morgan fingerprint density at radius 3 is 2.39 bits per heavy atom. The van der Waals surface area contributed by atoms with Gasteiger partial charge in [0, 0.05) is 12.1 Å². The zero-order valence-corrected chi connectivity index (χ0v) is 11.4. The van der Waals surface area contributed by atoms with Crippen molar-refractivity contribution >= 4 is 10.0 Å². The maximum atomic E-state index is 11.6. The smallest absolute Gasteiger partial charge is 0.214 e. The Hall–Kier alpha value is -1.35. The van der Waals surface area contributed by atoms with Crippen LogP contribution < -0.4 is 10.5 Å². The number of benzene rings is 1. The molecule has 0 saturated carbocycles. The van der Waals surface area contributed by atoms with Crippen molar-refractivity contribution in [1.82, 2.24) is 4.72 Å². The van der Waals surface area contributed by atoms with Crippen molar-refractivity contribution in [3.63, 3.8) is 0 Å². The Kier molecular flexibility index (Phi) is 5.35. The molecule has 1 rings (SSSR count). The number of sulfonamides is 1. The lowest BCUT2D eigenvalue weighted by Gasteiger charge is -2.09. The van der Waals surface area contributed by atoms with Crippen LogP contribution in [0.2, 0.25) is 0 Å². The molecule has 0 aliphatic heterocycles. The predicted octanol–water partition coefficient (Wildman–Crippen LogP) is 0.825. The molecule has 5 heteroatoms. The summed E-state index contributed by atoms with van der Waals surface area (Å²) in [7, 11) is -3.22. The molecule has 4 nitrogen and oxygen atoms in total. The molecule has 18 heavy (non-hydrogen) atoms. The van der Waals surface area contributed by atoms with Gasteiger partial charge in [-0.3, -0.25) is 0 Å². The standard InChI is InChI=1S/C13H18N2O2S/c1-11(2)18(16,17)15-10-13-7-5-12(6-8-13)4-3-9-14/h5-8,11,15H,9-10,14H2,1-2H3. The molecule has 98 valence electrons. The SMILES string of the molecule is CC(C)S(=O)(=O)NCc1ccc(C#CCN)cc1. The normalized spacial score (nSPS) is 11.1. The van der Waals surface area contributed by atoms with Crippen LogP contribution in [0, 0.1) is 11.8 Å². The van der Waals surface area contributed by atoms with Crippen LogP contribution in [0.3, 0.4) is 0 Å². The molecule has 0 bridgehead atoms. The van der Waals surface area contributed by atoms with E-state index in [0.717, 1.165) is 11.1 Å². The van der Waals surface area contributed by atoms with Crippen LogP contribution in [-0.2, 0) is 16.6 Å². The first kappa shape index (κ1) is 14.7. The number of nitrogens with one attached hydrogen (secondary N) is 1. The van der Waals surface area contributed by atoms with Gasteiger partial charge in [-0.1, -0.05) is 24.0 Å². The van der Waals surface area contributed by atoms with Gasteiger partial charge < -0.3 is 5.73 Å². The van der Waals surface area contributed by atoms with Crippen LogP contribution >= 0.6 is 0 Å². The summed E-state index contributed by atoms with van der Waals surface area (Å²) in [6, 6.07) is 7.40. The number of rotatable bonds is 4. The molecule has 0 amide bonds. The monoisotopic (exact) mass is 266 g/mol. The molecule has 0 aromatic heterocycles. The molecular formula is C13H18N2O2S. The van der Waals surface area contributed by atoms with Crippen molar-refractivity contribution in [3.8, 4) is 11.8 Å². The summed E-state index contributed by atoms with van der Waals surface area (Å²) in [6.07, 6.45) is 0. The van der Waals surface area contributed by atoms with E-state index in [1.54, 1.807) is 13.8 Å². The zero-order chi connectivity index (χ0) is 13.6. The lowest BCUT2D eigenvalue weighted by molar-refractivity contribution is 0.572. The van der Waals surface area contributed by atoms with Crippen LogP contribution in [0.1, 0.15) is 25.0 Å². The third-order valence-corrected chi connectivity index (χ3v) is 4.17. The van der Waals surface area contributed by atoms with Crippen molar-refractivity contribution in [2.75, 3.05) is 6.54 Å². The fourth-order valence-corrected chi connectivity index (χ4v) is 1.91. The van der Waals surface area contributed by atoms with E-state index >= 15 is 0 Å². The summed E-state index contributed by atoms with van der Waals surface area (Å²) in [5, 5.41) is -0.424. The van der Waals surface area contributed by atoms with Crippen LogP contribution in [0.15, 0.2) is 24.3 Å². The molecule has 0 radical (unpaired) electrons. The quantitative estimate of drug-likeness (QED) is 0.793. The van der Waals surface area contributed by atoms with E-state index in [-0.39, 0.29) is 0 Å². The van der Waals surface area contributed by atoms with E-state index in [1.807, 2.05) is 24.3 Å². The van der Waals surface area contributed by atoms with Gasteiger partial charge in [0.05, 0.1) is 11.8 Å².